The van der Waals surface area contributed by atoms with Crippen molar-refractivity contribution in [1.29, 1.82) is 0 Å². The van der Waals surface area contributed by atoms with E-state index in [2.05, 4.69) is 5.32 Å². The molecule has 122 valence electrons. The third-order valence-corrected chi connectivity index (χ3v) is 3.58. The van der Waals surface area contributed by atoms with E-state index in [1.807, 2.05) is 19.1 Å². The topological polar surface area (TPSA) is 38.3 Å². The first-order valence-electron chi connectivity index (χ1n) is 7.44. The molecule has 0 radical (unpaired) electrons. The van der Waals surface area contributed by atoms with Gasteiger partial charge in [0.25, 0.3) is 0 Å². The Balaban J connectivity index is 1.65. The molecule has 2 aromatic rings. The molecular weight excluding hydrogens is 317 g/mol. The summed E-state index contributed by atoms with van der Waals surface area (Å²) in [6.45, 7) is 2.79. The van der Waals surface area contributed by atoms with E-state index >= 15 is 0 Å². The highest BCUT2D eigenvalue weighted by Crippen LogP contribution is 2.21. The van der Waals surface area contributed by atoms with Crippen LogP contribution in [0.25, 0.3) is 0 Å². The lowest BCUT2D eigenvalue weighted by Crippen LogP contribution is -2.23. The number of halogens is 2. The van der Waals surface area contributed by atoms with Gasteiger partial charge in [-0.1, -0.05) is 23.7 Å². The molecule has 1 amide bonds. The summed E-state index contributed by atoms with van der Waals surface area (Å²) in [4.78, 5) is 11.7. The monoisotopic (exact) mass is 335 g/mol. The lowest BCUT2D eigenvalue weighted by molar-refractivity contribution is -0.121. The number of rotatable bonds is 7. The van der Waals surface area contributed by atoms with Crippen LogP contribution in [0.5, 0.6) is 5.75 Å². The maximum Gasteiger partial charge on any atom is 0.220 e. The first-order chi connectivity index (χ1) is 11.0. The largest absolute Gasteiger partial charge is 0.493 e. The minimum atomic E-state index is -0.283. The van der Waals surface area contributed by atoms with Crippen molar-refractivity contribution in [2.45, 2.75) is 26.3 Å². The van der Waals surface area contributed by atoms with Gasteiger partial charge in [-0.05, 0) is 54.8 Å². The zero-order chi connectivity index (χ0) is 16.7. The number of benzene rings is 2. The fourth-order valence-corrected chi connectivity index (χ4v) is 2.31. The molecule has 0 saturated heterocycles. The molecule has 0 bridgehead atoms. The second-order valence-corrected chi connectivity index (χ2v) is 5.70. The second-order valence-electron chi connectivity index (χ2n) is 5.27. The fourth-order valence-electron chi connectivity index (χ4n) is 2.08. The summed E-state index contributed by atoms with van der Waals surface area (Å²) < 4.78 is 18.4. The van der Waals surface area contributed by atoms with Crippen molar-refractivity contribution in [2.24, 2.45) is 0 Å². The molecular formula is C18H19ClFNO2. The number of hydrogen-bond donors (Lipinski definition) is 1. The van der Waals surface area contributed by atoms with Crippen molar-refractivity contribution in [3.8, 4) is 5.75 Å². The predicted octanol–water partition coefficient (Wildman–Crippen LogP) is 4.26. The number of aryl methyl sites for hydroxylation is 1. The van der Waals surface area contributed by atoms with E-state index in [0.29, 0.717) is 31.0 Å². The summed E-state index contributed by atoms with van der Waals surface area (Å²) in [7, 11) is 0. The van der Waals surface area contributed by atoms with Crippen LogP contribution in [0.2, 0.25) is 5.02 Å². The third kappa shape index (κ3) is 5.91. The van der Waals surface area contributed by atoms with Gasteiger partial charge in [0.1, 0.15) is 11.6 Å². The molecule has 2 rings (SSSR count). The molecule has 0 aliphatic carbocycles. The van der Waals surface area contributed by atoms with E-state index in [1.165, 1.54) is 12.1 Å². The molecule has 0 aliphatic heterocycles. The van der Waals surface area contributed by atoms with Crippen LogP contribution in [0.15, 0.2) is 42.5 Å². The average Bonchev–Trinajstić information content (AvgIpc) is 2.52. The highest BCUT2D eigenvalue weighted by molar-refractivity contribution is 6.30. The van der Waals surface area contributed by atoms with E-state index in [4.69, 9.17) is 16.3 Å². The van der Waals surface area contributed by atoms with E-state index in [9.17, 15) is 9.18 Å². The van der Waals surface area contributed by atoms with Gasteiger partial charge in [-0.25, -0.2) is 4.39 Å². The van der Waals surface area contributed by atoms with Gasteiger partial charge in [-0.15, -0.1) is 0 Å². The van der Waals surface area contributed by atoms with Gasteiger partial charge in [-0.2, -0.15) is 0 Å². The van der Waals surface area contributed by atoms with Crippen LogP contribution < -0.4 is 10.1 Å². The summed E-state index contributed by atoms with van der Waals surface area (Å²) in [5.41, 5.74) is 1.84. The summed E-state index contributed by atoms with van der Waals surface area (Å²) in [6, 6.07) is 11.5. The Morgan fingerprint density at radius 2 is 1.96 bits per heavy atom. The molecule has 0 fully saturated rings. The summed E-state index contributed by atoms with van der Waals surface area (Å²) in [5, 5.41) is 3.48. The predicted molar refractivity (Wildman–Crippen MR) is 89.2 cm³/mol. The molecule has 0 atom stereocenters. The van der Waals surface area contributed by atoms with Crippen LogP contribution in [0.3, 0.4) is 0 Å². The quantitative estimate of drug-likeness (QED) is 0.768. The van der Waals surface area contributed by atoms with Crippen molar-refractivity contribution in [2.75, 3.05) is 6.61 Å². The molecule has 0 aliphatic rings. The van der Waals surface area contributed by atoms with E-state index in [-0.39, 0.29) is 11.7 Å². The van der Waals surface area contributed by atoms with Gasteiger partial charge in [0.2, 0.25) is 5.91 Å². The number of nitrogens with one attached hydrogen (secondary N) is 1. The van der Waals surface area contributed by atoms with E-state index in [1.54, 1.807) is 18.2 Å². The van der Waals surface area contributed by atoms with Crippen LogP contribution in [0, 0.1) is 12.7 Å². The lowest BCUT2D eigenvalue weighted by atomic mass is 10.2. The zero-order valence-electron chi connectivity index (χ0n) is 12.9. The molecule has 1 N–H and O–H groups in total. The van der Waals surface area contributed by atoms with Crippen molar-refractivity contribution in [3.05, 3.63) is 64.4 Å². The first kappa shape index (κ1) is 17.3. The standard InChI is InChI=1S/C18H19ClFNO2/c1-13-11-15(19)6-9-17(13)23-10-2-3-18(22)21-12-14-4-7-16(20)8-5-14/h4-9,11H,2-3,10,12H2,1H3,(H,21,22). The Morgan fingerprint density at radius 1 is 1.22 bits per heavy atom. The Kier molecular flexibility index (Phi) is 6.41. The van der Waals surface area contributed by atoms with Crippen molar-refractivity contribution in [3.63, 3.8) is 0 Å². The molecule has 23 heavy (non-hydrogen) atoms. The zero-order valence-corrected chi connectivity index (χ0v) is 13.7. The molecule has 0 spiro atoms. The third-order valence-electron chi connectivity index (χ3n) is 3.35. The summed E-state index contributed by atoms with van der Waals surface area (Å²) in [6.07, 6.45) is 1.01. The lowest BCUT2D eigenvalue weighted by Gasteiger charge is -2.09. The van der Waals surface area contributed by atoms with E-state index < -0.39 is 0 Å². The summed E-state index contributed by atoms with van der Waals surface area (Å²) >= 11 is 5.88. The van der Waals surface area contributed by atoms with Crippen molar-refractivity contribution in [1.82, 2.24) is 5.32 Å². The molecule has 2 aromatic carbocycles. The van der Waals surface area contributed by atoms with Gasteiger partial charge in [-0.3, -0.25) is 4.79 Å². The van der Waals surface area contributed by atoms with Gasteiger partial charge in [0, 0.05) is 18.0 Å². The van der Waals surface area contributed by atoms with Crippen LogP contribution in [-0.4, -0.2) is 12.5 Å². The molecule has 3 nitrogen and oxygen atoms in total. The molecule has 5 heteroatoms. The normalized spacial score (nSPS) is 10.4. The molecule has 0 aromatic heterocycles. The maximum absolute atomic E-state index is 12.8. The van der Waals surface area contributed by atoms with Gasteiger partial charge < -0.3 is 10.1 Å². The smallest absolute Gasteiger partial charge is 0.220 e. The second kappa shape index (κ2) is 8.53. The van der Waals surface area contributed by atoms with Gasteiger partial charge >= 0.3 is 0 Å². The maximum atomic E-state index is 12.8. The first-order valence-corrected chi connectivity index (χ1v) is 7.82. The number of ether oxygens (including phenoxy) is 1. The number of carbonyl (C=O) groups is 1. The minimum Gasteiger partial charge on any atom is -0.493 e. The summed E-state index contributed by atoms with van der Waals surface area (Å²) in [5.74, 6) is 0.446. The highest BCUT2D eigenvalue weighted by atomic mass is 35.5. The van der Waals surface area contributed by atoms with Crippen molar-refractivity contribution < 1.29 is 13.9 Å². The van der Waals surface area contributed by atoms with Crippen molar-refractivity contribution >= 4 is 17.5 Å². The van der Waals surface area contributed by atoms with Gasteiger partial charge in [0.05, 0.1) is 6.61 Å². The minimum absolute atomic E-state index is 0.0502. The average molecular weight is 336 g/mol. The van der Waals surface area contributed by atoms with Crippen LogP contribution in [0.4, 0.5) is 4.39 Å². The number of carbonyl (C=O) groups excluding carboxylic acids is 1. The van der Waals surface area contributed by atoms with Crippen LogP contribution in [-0.2, 0) is 11.3 Å². The fraction of sp³-hybridized carbons (Fsp3) is 0.278. The Bertz CT molecular complexity index is 659. The SMILES string of the molecule is Cc1cc(Cl)ccc1OCCCC(=O)NCc1ccc(F)cc1. The van der Waals surface area contributed by atoms with Crippen LogP contribution in [0.1, 0.15) is 24.0 Å². The highest BCUT2D eigenvalue weighted by Gasteiger charge is 2.04. The molecule has 0 unspecified atom stereocenters. The number of hydrogen-bond acceptors (Lipinski definition) is 2. The Hall–Kier alpha value is -2.07. The Morgan fingerprint density at radius 3 is 2.65 bits per heavy atom. The van der Waals surface area contributed by atoms with Crippen LogP contribution >= 0.6 is 11.6 Å². The van der Waals surface area contributed by atoms with E-state index in [0.717, 1.165) is 16.9 Å². The van der Waals surface area contributed by atoms with Gasteiger partial charge in [0.15, 0.2) is 0 Å². The number of amides is 1. The molecule has 0 heterocycles. The molecule has 0 saturated carbocycles. The Labute approximate surface area is 140 Å².